The van der Waals surface area contributed by atoms with Crippen LogP contribution in [-0.2, 0) is 17.7 Å². The number of thiazole rings is 1. The van der Waals surface area contributed by atoms with Crippen LogP contribution in [0.4, 0.5) is 0 Å². The maximum atomic E-state index is 5.34. The van der Waals surface area contributed by atoms with Crippen molar-refractivity contribution < 1.29 is 4.74 Å². The molecule has 5 nitrogen and oxygen atoms in total. The maximum absolute atomic E-state index is 5.34. The molecular formula is C20H30N4OS. The second-order valence-electron chi connectivity index (χ2n) is 6.24. The van der Waals surface area contributed by atoms with Gasteiger partial charge < -0.3 is 15.0 Å². The molecular weight excluding hydrogens is 344 g/mol. The fourth-order valence-electron chi connectivity index (χ4n) is 2.58. The summed E-state index contributed by atoms with van der Waals surface area (Å²) in [6, 6.07) is 10.6. The summed E-state index contributed by atoms with van der Waals surface area (Å²) in [5, 5.41) is 6.48. The quantitative estimate of drug-likeness (QED) is 0.411. The Labute approximate surface area is 161 Å². The molecule has 1 aromatic heterocycles. The van der Waals surface area contributed by atoms with Gasteiger partial charge in [-0.25, -0.2) is 4.98 Å². The summed E-state index contributed by atoms with van der Waals surface area (Å²) in [5.74, 6) is 0.926. The van der Waals surface area contributed by atoms with Crippen molar-refractivity contribution in [1.82, 2.24) is 15.2 Å². The summed E-state index contributed by atoms with van der Waals surface area (Å²) in [5.41, 5.74) is 2.41. The van der Waals surface area contributed by atoms with Crippen LogP contribution in [0.25, 0.3) is 0 Å². The standard InChI is InChI=1S/C20H30N4OS/c1-5-21-20(22-13-9-12-17-10-7-6-8-11-17)24(3)14-18-15-26-19(23-18)16(2)25-4/h6-8,10-11,15-16H,5,9,12-14H2,1-4H3,(H,21,22). The van der Waals surface area contributed by atoms with Gasteiger partial charge in [-0.1, -0.05) is 30.3 Å². The third-order valence-electron chi connectivity index (χ3n) is 4.09. The van der Waals surface area contributed by atoms with Gasteiger partial charge in [0.25, 0.3) is 0 Å². The van der Waals surface area contributed by atoms with Crippen LogP contribution < -0.4 is 5.32 Å². The first-order valence-electron chi connectivity index (χ1n) is 9.14. The van der Waals surface area contributed by atoms with Gasteiger partial charge in [-0.2, -0.15) is 0 Å². The van der Waals surface area contributed by atoms with E-state index < -0.39 is 0 Å². The fraction of sp³-hybridized carbons (Fsp3) is 0.500. The Bertz CT molecular complexity index is 671. The molecule has 1 heterocycles. The van der Waals surface area contributed by atoms with Gasteiger partial charge in [0.15, 0.2) is 5.96 Å². The number of ether oxygens (including phenoxy) is 1. The number of hydrogen-bond donors (Lipinski definition) is 1. The molecule has 142 valence electrons. The second kappa shape index (κ2) is 10.9. The highest BCUT2D eigenvalue weighted by atomic mass is 32.1. The smallest absolute Gasteiger partial charge is 0.194 e. The SMILES string of the molecule is CCNC(=NCCCc1ccccc1)N(C)Cc1csc(C(C)OC)n1. The average Bonchev–Trinajstić information content (AvgIpc) is 3.12. The van der Waals surface area contributed by atoms with Crippen LogP contribution in [-0.4, -0.2) is 43.1 Å². The highest BCUT2D eigenvalue weighted by Crippen LogP contribution is 2.20. The Kier molecular flexibility index (Phi) is 8.58. The van der Waals surface area contributed by atoms with E-state index >= 15 is 0 Å². The summed E-state index contributed by atoms with van der Waals surface area (Å²) < 4.78 is 5.34. The lowest BCUT2D eigenvalue weighted by Gasteiger charge is -2.21. The number of benzene rings is 1. The highest BCUT2D eigenvalue weighted by Gasteiger charge is 2.12. The number of aromatic nitrogens is 1. The molecule has 0 fully saturated rings. The summed E-state index contributed by atoms with van der Waals surface area (Å²) in [4.78, 5) is 11.6. The van der Waals surface area contributed by atoms with E-state index in [1.54, 1.807) is 18.4 Å². The van der Waals surface area contributed by atoms with E-state index in [1.807, 2.05) is 6.92 Å². The highest BCUT2D eigenvalue weighted by molar-refractivity contribution is 7.09. The molecule has 0 aliphatic carbocycles. The molecule has 0 aliphatic heterocycles. The molecule has 0 saturated carbocycles. The Balaban J connectivity index is 1.89. The second-order valence-corrected chi connectivity index (χ2v) is 7.13. The molecule has 0 aliphatic rings. The molecule has 1 aromatic carbocycles. The Morgan fingerprint density at radius 3 is 2.81 bits per heavy atom. The lowest BCUT2D eigenvalue weighted by atomic mass is 10.1. The molecule has 1 atom stereocenters. The van der Waals surface area contributed by atoms with Gasteiger partial charge >= 0.3 is 0 Å². The monoisotopic (exact) mass is 374 g/mol. The van der Waals surface area contributed by atoms with Crippen LogP contribution in [0.1, 0.15) is 42.6 Å². The molecule has 26 heavy (non-hydrogen) atoms. The third-order valence-corrected chi connectivity index (χ3v) is 5.15. The molecule has 2 aromatic rings. The van der Waals surface area contributed by atoms with Gasteiger partial charge in [0.05, 0.1) is 12.2 Å². The van der Waals surface area contributed by atoms with Crippen LogP contribution >= 0.6 is 11.3 Å². The minimum Gasteiger partial charge on any atom is -0.375 e. The molecule has 6 heteroatoms. The van der Waals surface area contributed by atoms with Crippen LogP contribution in [0.2, 0.25) is 0 Å². The van der Waals surface area contributed by atoms with Crippen molar-refractivity contribution in [3.05, 3.63) is 52.0 Å². The van der Waals surface area contributed by atoms with Gasteiger partial charge in [0.1, 0.15) is 11.1 Å². The number of guanidine groups is 1. The Morgan fingerprint density at radius 1 is 1.35 bits per heavy atom. The molecule has 0 spiro atoms. The van der Waals surface area contributed by atoms with Gasteiger partial charge in [-0.05, 0) is 32.3 Å². The van der Waals surface area contributed by atoms with E-state index in [2.05, 4.69) is 64.9 Å². The van der Waals surface area contributed by atoms with E-state index in [1.165, 1.54) is 5.56 Å². The fourth-order valence-corrected chi connectivity index (χ4v) is 3.43. The molecule has 0 radical (unpaired) electrons. The number of hydrogen-bond acceptors (Lipinski definition) is 4. The van der Waals surface area contributed by atoms with Crippen LogP contribution in [0.3, 0.4) is 0 Å². The zero-order valence-corrected chi connectivity index (χ0v) is 17.1. The summed E-state index contributed by atoms with van der Waals surface area (Å²) in [7, 11) is 3.76. The Hall–Kier alpha value is -1.92. The lowest BCUT2D eigenvalue weighted by Crippen LogP contribution is -2.38. The Morgan fingerprint density at radius 2 is 2.12 bits per heavy atom. The summed E-state index contributed by atoms with van der Waals surface area (Å²) in [6.45, 7) is 6.51. The molecule has 0 amide bonds. The number of nitrogens with zero attached hydrogens (tertiary/aromatic N) is 3. The molecule has 1 unspecified atom stereocenters. The number of aliphatic imine (C=N–C) groups is 1. The number of nitrogens with one attached hydrogen (secondary N) is 1. The number of methoxy groups -OCH3 is 1. The van der Waals surface area contributed by atoms with E-state index in [0.717, 1.165) is 49.1 Å². The van der Waals surface area contributed by atoms with E-state index in [9.17, 15) is 0 Å². The van der Waals surface area contributed by atoms with Crippen molar-refractivity contribution >= 4 is 17.3 Å². The van der Waals surface area contributed by atoms with E-state index in [0.29, 0.717) is 0 Å². The van der Waals surface area contributed by atoms with Crippen molar-refractivity contribution in [3.8, 4) is 0 Å². The summed E-state index contributed by atoms with van der Waals surface area (Å²) in [6.07, 6.45) is 2.13. The van der Waals surface area contributed by atoms with Gasteiger partial charge in [-0.3, -0.25) is 4.99 Å². The largest absolute Gasteiger partial charge is 0.375 e. The van der Waals surface area contributed by atoms with Crippen LogP contribution in [0.15, 0.2) is 40.7 Å². The van der Waals surface area contributed by atoms with Crippen molar-refractivity contribution in [3.63, 3.8) is 0 Å². The number of aryl methyl sites for hydroxylation is 1. The van der Waals surface area contributed by atoms with Gasteiger partial charge in [0, 0.05) is 32.6 Å². The minimum absolute atomic E-state index is 0.0407. The van der Waals surface area contributed by atoms with Crippen molar-refractivity contribution in [2.75, 3.05) is 27.2 Å². The van der Waals surface area contributed by atoms with Crippen molar-refractivity contribution in [1.29, 1.82) is 0 Å². The molecule has 2 rings (SSSR count). The van der Waals surface area contributed by atoms with Gasteiger partial charge in [0.2, 0.25) is 0 Å². The summed E-state index contributed by atoms with van der Waals surface area (Å²) >= 11 is 1.65. The minimum atomic E-state index is 0.0407. The van der Waals surface area contributed by atoms with Crippen LogP contribution in [0, 0.1) is 0 Å². The lowest BCUT2D eigenvalue weighted by molar-refractivity contribution is 0.119. The van der Waals surface area contributed by atoms with Crippen LogP contribution in [0.5, 0.6) is 0 Å². The molecule has 0 bridgehead atoms. The first-order valence-corrected chi connectivity index (χ1v) is 10.0. The van der Waals surface area contributed by atoms with E-state index in [4.69, 9.17) is 9.73 Å². The zero-order valence-electron chi connectivity index (χ0n) is 16.2. The topological polar surface area (TPSA) is 49.8 Å². The van der Waals surface area contributed by atoms with E-state index in [-0.39, 0.29) is 6.10 Å². The normalized spacial score (nSPS) is 12.8. The van der Waals surface area contributed by atoms with Crippen molar-refractivity contribution in [2.24, 2.45) is 4.99 Å². The maximum Gasteiger partial charge on any atom is 0.194 e. The number of rotatable bonds is 9. The predicted octanol–water partition coefficient (Wildman–Crippen LogP) is 3.88. The zero-order chi connectivity index (χ0) is 18.8. The average molecular weight is 375 g/mol. The first kappa shape index (κ1) is 20.4. The first-order chi connectivity index (χ1) is 12.6. The van der Waals surface area contributed by atoms with Crippen molar-refractivity contribution in [2.45, 2.75) is 39.3 Å². The molecule has 1 N–H and O–H groups in total. The van der Waals surface area contributed by atoms with Gasteiger partial charge in [-0.15, -0.1) is 11.3 Å². The predicted molar refractivity (Wildman–Crippen MR) is 110 cm³/mol. The molecule has 0 saturated heterocycles. The third kappa shape index (κ3) is 6.42.